The Morgan fingerprint density at radius 2 is 1.87 bits per heavy atom. The van der Waals surface area contributed by atoms with Crippen molar-refractivity contribution < 1.29 is 13.5 Å². The molecule has 0 amide bonds. The second-order valence-corrected chi connectivity index (χ2v) is 8.34. The van der Waals surface area contributed by atoms with E-state index in [9.17, 15) is 8.78 Å². The van der Waals surface area contributed by atoms with Gasteiger partial charge in [-0.15, -0.1) is 5.10 Å². The number of aromatic nitrogens is 6. The number of hydrogen-bond donors (Lipinski definition) is 0. The zero-order valence-electron chi connectivity index (χ0n) is 17.0. The lowest BCUT2D eigenvalue weighted by Gasteiger charge is -2.26. The summed E-state index contributed by atoms with van der Waals surface area (Å²) in [5, 5.41) is 13.0. The van der Waals surface area contributed by atoms with Gasteiger partial charge in [-0.2, -0.15) is 13.5 Å². The van der Waals surface area contributed by atoms with Crippen LogP contribution in [-0.2, 0) is 5.75 Å². The number of nitrogens with zero attached hydrogens (tertiary/aromatic N) is 6. The van der Waals surface area contributed by atoms with Gasteiger partial charge in [-0.25, -0.2) is 4.98 Å². The fourth-order valence-electron chi connectivity index (χ4n) is 3.86. The molecular weight excluding hydrogens is 410 g/mol. The Hall–Kier alpha value is -2.49. The minimum atomic E-state index is -2.85. The lowest BCUT2D eigenvalue weighted by Crippen LogP contribution is -2.15. The summed E-state index contributed by atoms with van der Waals surface area (Å²) in [6, 6.07) is 6.75. The van der Waals surface area contributed by atoms with Gasteiger partial charge in [0, 0.05) is 11.7 Å². The summed E-state index contributed by atoms with van der Waals surface area (Å²) in [4.78, 5) is 4.79. The van der Waals surface area contributed by atoms with E-state index < -0.39 is 6.61 Å². The van der Waals surface area contributed by atoms with E-state index in [-0.39, 0.29) is 5.75 Å². The number of halogens is 2. The molecule has 1 saturated carbocycles. The van der Waals surface area contributed by atoms with Gasteiger partial charge in [-0.05, 0) is 61.4 Å². The van der Waals surface area contributed by atoms with E-state index in [4.69, 9.17) is 4.98 Å². The van der Waals surface area contributed by atoms with E-state index in [1.54, 1.807) is 28.6 Å². The predicted octanol–water partition coefficient (Wildman–Crippen LogP) is 4.87. The van der Waals surface area contributed by atoms with Crippen LogP contribution in [-0.4, -0.2) is 36.4 Å². The Labute approximate surface area is 177 Å². The highest BCUT2D eigenvalue weighted by atomic mass is 32.2. The van der Waals surface area contributed by atoms with Gasteiger partial charge in [-0.1, -0.05) is 31.0 Å². The smallest absolute Gasteiger partial charge is 0.387 e. The number of hydrogen-bond acceptors (Lipinski definition) is 6. The lowest BCUT2D eigenvalue weighted by atomic mass is 9.95. The lowest BCUT2D eigenvalue weighted by molar-refractivity contribution is -0.0498. The van der Waals surface area contributed by atoms with Gasteiger partial charge in [0.1, 0.15) is 5.75 Å². The molecule has 1 aromatic carbocycles. The standard InChI is InChI=1S/C20H24F2N6OS/c1-13-14(2)27(15-6-4-3-5-7-15)20(23-13)30-12-18-24-25-26-28(18)16-8-10-17(11-9-16)29-19(21)22/h8-11,15,19H,3-7,12H2,1-2H3. The first-order valence-corrected chi connectivity index (χ1v) is 11.0. The fraction of sp³-hybridized carbons (Fsp3) is 0.500. The number of imidazole rings is 1. The maximum atomic E-state index is 12.3. The van der Waals surface area contributed by atoms with Gasteiger partial charge >= 0.3 is 6.61 Å². The number of benzene rings is 1. The van der Waals surface area contributed by atoms with Crippen LogP contribution in [0.15, 0.2) is 29.4 Å². The molecule has 2 heterocycles. The minimum Gasteiger partial charge on any atom is -0.435 e. The number of rotatable bonds is 7. The highest BCUT2D eigenvalue weighted by Crippen LogP contribution is 2.35. The molecule has 3 aromatic rings. The van der Waals surface area contributed by atoms with Crippen molar-refractivity contribution >= 4 is 11.8 Å². The fourth-order valence-corrected chi connectivity index (χ4v) is 4.93. The molecule has 30 heavy (non-hydrogen) atoms. The van der Waals surface area contributed by atoms with Crippen LogP contribution in [0.4, 0.5) is 8.78 Å². The van der Waals surface area contributed by atoms with Crippen LogP contribution in [0.25, 0.3) is 5.69 Å². The van der Waals surface area contributed by atoms with Crippen molar-refractivity contribution in [3.63, 3.8) is 0 Å². The molecule has 4 rings (SSSR count). The number of aryl methyl sites for hydroxylation is 1. The second kappa shape index (κ2) is 9.11. The molecule has 0 radical (unpaired) electrons. The molecule has 10 heteroatoms. The van der Waals surface area contributed by atoms with Crippen LogP contribution in [0.2, 0.25) is 0 Å². The molecule has 2 aromatic heterocycles. The van der Waals surface area contributed by atoms with E-state index in [0.29, 0.717) is 23.3 Å². The van der Waals surface area contributed by atoms with Gasteiger partial charge in [0.2, 0.25) is 0 Å². The average Bonchev–Trinajstić information content (AvgIpc) is 3.32. The number of alkyl halides is 2. The Bertz CT molecular complexity index is 982. The van der Waals surface area contributed by atoms with E-state index in [2.05, 4.69) is 31.8 Å². The Balaban J connectivity index is 1.51. The molecule has 0 aliphatic heterocycles. The Morgan fingerprint density at radius 1 is 1.13 bits per heavy atom. The Morgan fingerprint density at radius 3 is 2.57 bits per heavy atom. The zero-order valence-corrected chi connectivity index (χ0v) is 17.8. The van der Waals surface area contributed by atoms with Crippen LogP contribution in [0, 0.1) is 13.8 Å². The molecular formula is C20H24F2N6OS. The molecule has 1 aliphatic rings. The van der Waals surface area contributed by atoms with Crippen molar-refractivity contribution in [2.75, 3.05) is 0 Å². The molecule has 0 unspecified atom stereocenters. The van der Waals surface area contributed by atoms with Crippen molar-refractivity contribution in [1.29, 1.82) is 0 Å². The minimum absolute atomic E-state index is 0.0956. The van der Waals surface area contributed by atoms with Crippen LogP contribution >= 0.6 is 11.8 Å². The quantitative estimate of drug-likeness (QED) is 0.494. The van der Waals surface area contributed by atoms with Crippen LogP contribution < -0.4 is 4.74 Å². The van der Waals surface area contributed by atoms with Gasteiger partial charge in [0.15, 0.2) is 11.0 Å². The maximum Gasteiger partial charge on any atom is 0.387 e. The number of thioether (sulfide) groups is 1. The van der Waals surface area contributed by atoms with Crippen molar-refractivity contribution in [2.45, 2.75) is 69.5 Å². The third kappa shape index (κ3) is 4.48. The maximum absolute atomic E-state index is 12.3. The first kappa shape index (κ1) is 20.8. The van der Waals surface area contributed by atoms with Crippen LogP contribution in [0.3, 0.4) is 0 Å². The highest BCUT2D eigenvalue weighted by molar-refractivity contribution is 7.98. The van der Waals surface area contributed by atoms with E-state index in [1.807, 2.05) is 6.92 Å². The molecule has 0 bridgehead atoms. The molecule has 1 aliphatic carbocycles. The summed E-state index contributed by atoms with van der Waals surface area (Å²) >= 11 is 1.62. The molecule has 0 saturated heterocycles. The van der Waals surface area contributed by atoms with Gasteiger partial charge in [-0.3, -0.25) is 0 Å². The number of tetrazole rings is 1. The van der Waals surface area contributed by atoms with Crippen LogP contribution in [0.1, 0.15) is 55.4 Å². The Kier molecular flexibility index (Phi) is 6.31. The van der Waals surface area contributed by atoms with Gasteiger partial charge in [0.05, 0.1) is 17.1 Å². The first-order chi connectivity index (χ1) is 14.5. The first-order valence-electron chi connectivity index (χ1n) is 10.0. The SMILES string of the molecule is Cc1nc(SCc2nnnn2-c2ccc(OC(F)F)cc2)n(C2CCCCC2)c1C. The van der Waals surface area contributed by atoms with Crippen LogP contribution in [0.5, 0.6) is 5.75 Å². The van der Waals surface area contributed by atoms with E-state index >= 15 is 0 Å². The second-order valence-electron chi connectivity index (χ2n) is 7.40. The van der Waals surface area contributed by atoms with Crippen molar-refractivity contribution in [3.05, 3.63) is 41.5 Å². The van der Waals surface area contributed by atoms with Crippen molar-refractivity contribution in [1.82, 2.24) is 29.8 Å². The van der Waals surface area contributed by atoms with E-state index in [1.165, 1.54) is 49.9 Å². The molecule has 7 nitrogen and oxygen atoms in total. The zero-order chi connectivity index (χ0) is 21.1. The normalized spacial score (nSPS) is 15.1. The van der Waals surface area contributed by atoms with Gasteiger partial charge < -0.3 is 9.30 Å². The number of ether oxygens (including phenoxy) is 1. The summed E-state index contributed by atoms with van der Waals surface area (Å²) in [7, 11) is 0. The predicted molar refractivity (Wildman–Crippen MR) is 109 cm³/mol. The molecule has 0 N–H and O–H groups in total. The third-order valence-electron chi connectivity index (χ3n) is 5.47. The summed E-state index contributed by atoms with van der Waals surface area (Å²) in [5.74, 6) is 1.31. The molecule has 1 fully saturated rings. The topological polar surface area (TPSA) is 70.7 Å². The summed E-state index contributed by atoms with van der Waals surface area (Å²) < 4.78 is 33.1. The summed E-state index contributed by atoms with van der Waals surface area (Å²) in [6.45, 7) is 1.33. The van der Waals surface area contributed by atoms with E-state index in [0.717, 1.165) is 10.9 Å². The van der Waals surface area contributed by atoms with Crippen molar-refractivity contribution in [2.24, 2.45) is 0 Å². The molecule has 160 valence electrons. The largest absolute Gasteiger partial charge is 0.435 e. The summed E-state index contributed by atoms with van der Waals surface area (Å²) in [5.41, 5.74) is 2.95. The molecule has 0 spiro atoms. The third-order valence-corrected chi connectivity index (χ3v) is 6.41. The highest BCUT2D eigenvalue weighted by Gasteiger charge is 2.22. The molecule has 0 atom stereocenters. The van der Waals surface area contributed by atoms with Gasteiger partial charge in [0.25, 0.3) is 0 Å². The average molecular weight is 435 g/mol. The summed E-state index contributed by atoms with van der Waals surface area (Å²) in [6.07, 6.45) is 6.20. The van der Waals surface area contributed by atoms with Crippen molar-refractivity contribution in [3.8, 4) is 11.4 Å². The monoisotopic (exact) mass is 434 g/mol.